The van der Waals surface area contributed by atoms with Gasteiger partial charge in [0.1, 0.15) is 6.54 Å². The fourth-order valence-electron chi connectivity index (χ4n) is 1.29. The number of rotatable bonds is 4. The molecule has 1 N–H and O–H groups in total. The van der Waals surface area contributed by atoms with Crippen molar-refractivity contribution in [3.05, 3.63) is 34.2 Å². The van der Waals surface area contributed by atoms with E-state index in [0.29, 0.717) is 5.56 Å². The number of amides is 1. The second-order valence-corrected chi connectivity index (χ2v) is 3.86. The molecule has 0 saturated carbocycles. The number of carbonyl (C=O) groups excluding carboxylic acids is 1. The first kappa shape index (κ1) is 13.0. The Labute approximate surface area is 98.1 Å². The predicted octanol–water partition coefficient (Wildman–Crippen LogP) is -0.436. The zero-order valence-corrected chi connectivity index (χ0v) is 9.71. The van der Waals surface area contributed by atoms with Crippen LogP contribution in [0.1, 0.15) is 5.56 Å². The van der Waals surface area contributed by atoms with Crippen molar-refractivity contribution in [3.63, 3.8) is 0 Å². The number of likely N-dealkylation sites (N-methyl/N-ethyl adjacent to an activating group) is 1. The maximum absolute atomic E-state index is 11.5. The molecular weight excluding hydrogens is 224 g/mol. The van der Waals surface area contributed by atoms with Crippen LogP contribution >= 0.6 is 0 Å². The third-order valence-corrected chi connectivity index (χ3v) is 2.20. The molecule has 1 aromatic heterocycles. The van der Waals surface area contributed by atoms with Crippen molar-refractivity contribution in [1.82, 2.24) is 9.47 Å². The smallest absolute Gasteiger partial charge is 0.323 e. The lowest BCUT2D eigenvalue weighted by Crippen LogP contribution is -2.26. The summed E-state index contributed by atoms with van der Waals surface area (Å²) in [5.41, 5.74) is 0.220. The lowest BCUT2D eigenvalue weighted by atomic mass is 10.2. The zero-order valence-electron chi connectivity index (χ0n) is 9.71. The summed E-state index contributed by atoms with van der Waals surface area (Å²) in [4.78, 5) is 34.7. The van der Waals surface area contributed by atoms with Gasteiger partial charge in [-0.25, -0.2) is 0 Å². The maximum Gasteiger partial charge on any atom is 0.323 e. The van der Waals surface area contributed by atoms with Crippen LogP contribution in [0.15, 0.2) is 23.1 Å². The molecule has 1 amide bonds. The Morgan fingerprint density at radius 3 is 2.53 bits per heavy atom. The third kappa shape index (κ3) is 3.75. The van der Waals surface area contributed by atoms with E-state index in [1.165, 1.54) is 23.2 Å². The van der Waals surface area contributed by atoms with Gasteiger partial charge < -0.3 is 14.6 Å². The molecule has 0 radical (unpaired) electrons. The summed E-state index contributed by atoms with van der Waals surface area (Å²) in [6.07, 6.45) is 1.55. The molecule has 92 valence electrons. The van der Waals surface area contributed by atoms with Gasteiger partial charge in [0.25, 0.3) is 5.56 Å². The quantitative estimate of drug-likeness (QED) is 0.771. The van der Waals surface area contributed by atoms with Gasteiger partial charge in [0.2, 0.25) is 5.91 Å². The lowest BCUT2D eigenvalue weighted by molar-refractivity contribution is -0.137. The molecule has 0 aliphatic carbocycles. The van der Waals surface area contributed by atoms with Crippen LogP contribution in [0.2, 0.25) is 0 Å². The van der Waals surface area contributed by atoms with Crippen LogP contribution in [-0.4, -0.2) is 40.5 Å². The van der Waals surface area contributed by atoms with Gasteiger partial charge in [-0.1, -0.05) is 6.07 Å². The van der Waals surface area contributed by atoms with Crippen LogP contribution in [-0.2, 0) is 22.6 Å². The summed E-state index contributed by atoms with van der Waals surface area (Å²) in [7, 11) is 3.27. The van der Waals surface area contributed by atoms with E-state index in [4.69, 9.17) is 5.11 Å². The number of carboxylic acids is 1. The summed E-state index contributed by atoms with van der Waals surface area (Å²) < 4.78 is 1.07. The fourth-order valence-corrected chi connectivity index (χ4v) is 1.29. The Morgan fingerprint density at radius 2 is 2.00 bits per heavy atom. The Bertz CT molecular complexity index is 490. The molecule has 0 spiro atoms. The summed E-state index contributed by atoms with van der Waals surface area (Å²) in [6, 6.07) is 2.79. The van der Waals surface area contributed by atoms with E-state index in [0.717, 1.165) is 4.57 Å². The van der Waals surface area contributed by atoms with Crippen LogP contribution in [0.25, 0.3) is 0 Å². The maximum atomic E-state index is 11.5. The van der Waals surface area contributed by atoms with E-state index in [-0.39, 0.29) is 12.3 Å². The molecule has 1 rings (SSSR count). The largest absolute Gasteiger partial charge is 0.480 e. The number of aromatic nitrogens is 1. The normalized spacial score (nSPS) is 10.0. The molecule has 0 aromatic carbocycles. The van der Waals surface area contributed by atoms with Crippen molar-refractivity contribution in [2.45, 2.75) is 13.0 Å². The number of hydrogen-bond acceptors (Lipinski definition) is 3. The van der Waals surface area contributed by atoms with E-state index >= 15 is 0 Å². The number of hydrogen-bond donors (Lipinski definition) is 1. The van der Waals surface area contributed by atoms with E-state index in [2.05, 4.69) is 0 Å². The van der Waals surface area contributed by atoms with Crippen molar-refractivity contribution < 1.29 is 14.7 Å². The number of carbonyl (C=O) groups is 2. The Balaban J connectivity index is 2.92. The Morgan fingerprint density at radius 1 is 1.35 bits per heavy atom. The Hall–Kier alpha value is -2.11. The van der Waals surface area contributed by atoms with E-state index < -0.39 is 18.1 Å². The van der Waals surface area contributed by atoms with Crippen LogP contribution in [0.5, 0.6) is 0 Å². The monoisotopic (exact) mass is 238 g/mol. The van der Waals surface area contributed by atoms with Crippen molar-refractivity contribution in [1.29, 1.82) is 0 Å². The third-order valence-electron chi connectivity index (χ3n) is 2.20. The zero-order chi connectivity index (χ0) is 13.0. The highest BCUT2D eigenvalue weighted by molar-refractivity contribution is 5.78. The molecule has 0 fully saturated rings. The van der Waals surface area contributed by atoms with Crippen LogP contribution in [0.4, 0.5) is 0 Å². The van der Waals surface area contributed by atoms with Gasteiger partial charge in [0.15, 0.2) is 0 Å². The minimum atomic E-state index is -1.09. The molecular formula is C11H14N2O4. The van der Waals surface area contributed by atoms with Gasteiger partial charge in [-0.2, -0.15) is 0 Å². The highest BCUT2D eigenvalue weighted by Crippen LogP contribution is 1.99. The summed E-state index contributed by atoms with van der Waals surface area (Å²) in [5, 5.41) is 8.62. The molecule has 0 atom stereocenters. The SMILES string of the molecule is CN(C)C(=O)Cc1ccc(=O)n(CC(=O)O)c1. The second kappa shape index (κ2) is 5.29. The number of carboxylic acid groups (broad SMARTS) is 1. The van der Waals surface area contributed by atoms with Crippen LogP contribution in [0, 0.1) is 0 Å². The Kier molecular flexibility index (Phi) is 4.03. The van der Waals surface area contributed by atoms with E-state index in [1.807, 2.05) is 0 Å². The van der Waals surface area contributed by atoms with Crippen LogP contribution < -0.4 is 5.56 Å². The molecule has 6 nitrogen and oxygen atoms in total. The number of aliphatic carboxylic acids is 1. The van der Waals surface area contributed by atoms with Gasteiger partial charge >= 0.3 is 5.97 Å². The fraction of sp³-hybridized carbons (Fsp3) is 0.364. The second-order valence-electron chi connectivity index (χ2n) is 3.86. The summed E-state index contributed by atoms with van der Waals surface area (Å²) >= 11 is 0. The molecule has 6 heteroatoms. The molecule has 0 bridgehead atoms. The molecule has 0 aliphatic rings. The van der Waals surface area contributed by atoms with Gasteiger partial charge in [0, 0.05) is 26.4 Å². The summed E-state index contributed by atoms with van der Waals surface area (Å²) in [6.45, 7) is -0.400. The van der Waals surface area contributed by atoms with Crippen LogP contribution in [0.3, 0.4) is 0 Å². The molecule has 0 saturated heterocycles. The molecule has 0 unspecified atom stereocenters. The first-order valence-corrected chi connectivity index (χ1v) is 5.01. The average Bonchev–Trinajstić information content (AvgIpc) is 2.22. The highest BCUT2D eigenvalue weighted by atomic mass is 16.4. The minimum Gasteiger partial charge on any atom is -0.480 e. The van der Waals surface area contributed by atoms with Crippen molar-refractivity contribution >= 4 is 11.9 Å². The first-order chi connectivity index (χ1) is 7.90. The molecule has 1 aromatic rings. The number of nitrogens with zero attached hydrogens (tertiary/aromatic N) is 2. The van der Waals surface area contributed by atoms with Gasteiger partial charge in [-0.15, -0.1) is 0 Å². The van der Waals surface area contributed by atoms with Crippen molar-refractivity contribution in [3.8, 4) is 0 Å². The standard InChI is InChI=1S/C11H14N2O4/c1-12(2)10(15)5-8-3-4-9(14)13(6-8)7-11(16)17/h3-4,6H,5,7H2,1-2H3,(H,16,17). The van der Waals surface area contributed by atoms with Crippen molar-refractivity contribution in [2.24, 2.45) is 0 Å². The van der Waals surface area contributed by atoms with E-state index in [9.17, 15) is 14.4 Å². The van der Waals surface area contributed by atoms with Gasteiger partial charge in [-0.05, 0) is 5.56 Å². The minimum absolute atomic E-state index is 0.106. The van der Waals surface area contributed by atoms with Gasteiger partial charge in [0.05, 0.1) is 6.42 Å². The summed E-state index contributed by atoms with van der Waals surface area (Å²) in [5.74, 6) is -1.20. The predicted molar refractivity (Wildman–Crippen MR) is 60.7 cm³/mol. The van der Waals surface area contributed by atoms with E-state index in [1.54, 1.807) is 14.1 Å². The van der Waals surface area contributed by atoms with Gasteiger partial charge in [-0.3, -0.25) is 14.4 Å². The number of pyridine rings is 1. The lowest BCUT2D eigenvalue weighted by Gasteiger charge is -2.10. The topological polar surface area (TPSA) is 79.6 Å². The highest BCUT2D eigenvalue weighted by Gasteiger charge is 2.08. The van der Waals surface area contributed by atoms with Crippen molar-refractivity contribution in [2.75, 3.05) is 14.1 Å². The molecule has 17 heavy (non-hydrogen) atoms. The molecule has 1 heterocycles. The first-order valence-electron chi connectivity index (χ1n) is 5.01. The average molecular weight is 238 g/mol. The molecule has 0 aliphatic heterocycles.